The van der Waals surface area contributed by atoms with Crippen LogP contribution < -0.4 is 0 Å². The molecule has 0 saturated carbocycles. The topological polar surface area (TPSA) is 34.1 Å². The Labute approximate surface area is 49.9 Å². The lowest BCUT2D eigenvalue weighted by Crippen LogP contribution is -1.62. The van der Waals surface area contributed by atoms with E-state index in [-0.39, 0.29) is 12.6 Å². The Bertz CT molecular complexity index is 42.5. The Morgan fingerprint density at radius 2 is 1.25 bits per heavy atom. The molecule has 0 atom stereocenters. The fraction of sp³-hybridized carbons (Fsp3) is 0.667. The van der Waals surface area contributed by atoms with Crippen molar-refractivity contribution < 1.29 is 9.59 Å². The molecular weight excluding hydrogens is 104 g/mol. The first-order chi connectivity index (χ1) is 3.83. The standard InChI is InChI=1S/C4H10.C2H2O2/c1-3-4-2;3-1-2-4/h3-4H2,1-2H3;1-2H. The van der Waals surface area contributed by atoms with Crippen LogP contribution in [0.25, 0.3) is 0 Å². The Hall–Kier alpha value is -0.660. The molecule has 0 aromatic carbocycles. The van der Waals surface area contributed by atoms with Crippen LogP contribution in [-0.4, -0.2) is 12.6 Å². The van der Waals surface area contributed by atoms with Gasteiger partial charge in [-0.15, -0.1) is 0 Å². The summed E-state index contributed by atoms with van der Waals surface area (Å²) in [5.74, 6) is 0. The van der Waals surface area contributed by atoms with Gasteiger partial charge in [0.1, 0.15) is 0 Å². The minimum atomic E-state index is 0.194. The Morgan fingerprint density at radius 3 is 1.25 bits per heavy atom. The third-order valence-electron chi connectivity index (χ3n) is 0.556. The van der Waals surface area contributed by atoms with Gasteiger partial charge >= 0.3 is 0 Å². The van der Waals surface area contributed by atoms with Gasteiger partial charge in [0, 0.05) is 0 Å². The summed E-state index contributed by atoms with van der Waals surface area (Å²) in [5.41, 5.74) is 0. The molecule has 0 aliphatic heterocycles. The molecule has 0 aliphatic carbocycles. The molecule has 48 valence electrons. The monoisotopic (exact) mass is 116 g/mol. The lowest BCUT2D eigenvalue weighted by molar-refractivity contribution is -0.122. The van der Waals surface area contributed by atoms with Crippen LogP contribution in [0.2, 0.25) is 0 Å². The summed E-state index contributed by atoms with van der Waals surface area (Å²) in [6.07, 6.45) is 3.03. The average Bonchev–Trinajstić information content (AvgIpc) is 1.88. The summed E-state index contributed by atoms with van der Waals surface area (Å²) >= 11 is 0. The van der Waals surface area contributed by atoms with E-state index >= 15 is 0 Å². The SMILES string of the molecule is CCCC.O=CC=O. The van der Waals surface area contributed by atoms with Crippen LogP contribution in [0, 0.1) is 0 Å². The van der Waals surface area contributed by atoms with E-state index in [2.05, 4.69) is 13.8 Å². The lowest BCUT2D eigenvalue weighted by Gasteiger charge is -1.68. The molecular formula is C6H12O2. The quantitative estimate of drug-likeness (QED) is 0.401. The van der Waals surface area contributed by atoms with Gasteiger partial charge in [0.2, 0.25) is 0 Å². The molecule has 0 aromatic heterocycles. The van der Waals surface area contributed by atoms with E-state index in [0.717, 1.165) is 0 Å². The van der Waals surface area contributed by atoms with Gasteiger partial charge in [-0.3, -0.25) is 9.59 Å². The average molecular weight is 116 g/mol. The third kappa shape index (κ3) is 56.0. The van der Waals surface area contributed by atoms with E-state index in [1.807, 2.05) is 0 Å². The van der Waals surface area contributed by atoms with Crippen molar-refractivity contribution in [1.29, 1.82) is 0 Å². The molecule has 0 saturated heterocycles. The van der Waals surface area contributed by atoms with Crippen molar-refractivity contribution in [3.05, 3.63) is 0 Å². The van der Waals surface area contributed by atoms with Crippen LogP contribution in [0.5, 0.6) is 0 Å². The van der Waals surface area contributed by atoms with Gasteiger partial charge in [0.15, 0.2) is 12.6 Å². The number of rotatable bonds is 2. The summed E-state index contributed by atoms with van der Waals surface area (Å²) in [7, 11) is 0. The normalized spacial score (nSPS) is 6.25. The minimum absolute atomic E-state index is 0.194. The van der Waals surface area contributed by atoms with Gasteiger partial charge in [-0.1, -0.05) is 26.7 Å². The lowest BCUT2D eigenvalue weighted by atomic mass is 10.4. The van der Waals surface area contributed by atoms with E-state index in [1.165, 1.54) is 12.8 Å². The van der Waals surface area contributed by atoms with Crippen molar-refractivity contribution in [2.45, 2.75) is 26.7 Å². The molecule has 2 heteroatoms. The Kier molecular flexibility index (Phi) is 21.0. The second-order valence-electron chi connectivity index (χ2n) is 1.27. The zero-order valence-corrected chi connectivity index (χ0v) is 5.39. The van der Waals surface area contributed by atoms with Gasteiger partial charge in [-0.25, -0.2) is 0 Å². The largest absolute Gasteiger partial charge is 0.295 e. The third-order valence-corrected chi connectivity index (χ3v) is 0.556. The molecule has 0 fully saturated rings. The maximum absolute atomic E-state index is 8.81. The maximum atomic E-state index is 8.81. The predicted molar refractivity (Wildman–Crippen MR) is 32.7 cm³/mol. The summed E-state index contributed by atoms with van der Waals surface area (Å²) in [6, 6.07) is 0. The molecule has 8 heavy (non-hydrogen) atoms. The van der Waals surface area contributed by atoms with Gasteiger partial charge < -0.3 is 0 Å². The van der Waals surface area contributed by atoms with E-state index in [0.29, 0.717) is 0 Å². The number of carbonyl (C=O) groups is 2. The van der Waals surface area contributed by atoms with Gasteiger partial charge in [-0.05, 0) is 0 Å². The molecule has 0 spiro atoms. The second-order valence-corrected chi connectivity index (χ2v) is 1.27. The van der Waals surface area contributed by atoms with Crippen molar-refractivity contribution in [3.63, 3.8) is 0 Å². The second kappa shape index (κ2) is 16.2. The van der Waals surface area contributed by atoms with Crippen LogP contribution in [0.1, 0.15) is 26.7 Å². The van der Waals surface area contributed by atoms with Crippen LogP contribution in [0.4, 0.5) is 0 Å². The number of carbonyl (C=O) groups excluding carboxylic acids is 2. The van der Waals surface area contributed by atoms with Gasteiger partial charge in [0.25, 0.3) is 0 Å². The van der Waals surface area contributed by atoms with Crippen LogP contribution in [0.15, 0.2) is 0 Å². The maximum Gasteiger partial charge on any atom is 0.182 e. The van der Waals surface area contributed by atoms with E-state index in [1.54, 1.807) is 0 Å². The first kappa shape index (κ1) is 10.3. The van der Waals surface area contributed by atoms with Gasteiger partial charge in [-0.2, -0.15) is 0 Å². The number of hydrogen-bond donors (Lipinski definition) is 0. The summed E-state index contributed by atoms with van der Waals surface area (Å²) in [6.45, 7) is 4.36. The van der Waals surface area contributed by atoms with Crippen LogP contribution >= 0.6 is 0 Å². The number of aldehydes is 2. The highest BCUT2D eigenvalue weighted by atomic mass is 16.2. The molecule has 0 amide bonds. The van der Waals surface area contributed by atoms with E-state index in [4.69, 9.17) is 9.59 Å². The molecule has 0 bridgehead atoms. The first-order valence-corrected chi connectivity index (χ1v) is 2.72. The fourth-order valence-electron chi connectivity index (χ4n) is 0. The zero-order valence-electron chi connectivity index (χ0n) is 5.39. The van der Waals surface area contributed by atoms with Gasteiger partial charge in [0.05, 0.1) is 0 Å². The van der Waals surface area contributed by atoms with Crippen molar-refractivity contribution in [1.82, 2.24) is 0 Å². The molecule has 0 aliphatic rings. The Morgan fingerprint density at radius 1 is 1.00 bits per heavy atom. The highest BCUT2D eigenvalue weighted by Gasteiger charge is 1.56. The number of hydrogen-bond acceptors (Lipinski definition) is 2. The van der Waals surface area contributed by atoms with E-state index < -0.39 is 0 Å². The van der Waals surface area contributed by atoms with Crippen LogP contribution in [0.3, 0.4) is 0 Å². The smallest absolute Gasteiger partial charge is 0.182 e. The van der Waals surface area contributed by atoms with Crippen molar-refractivity contribution in [2.24, 2.45) is 0 Å². The molecule has 2 nitrogen and oxygen atoms in total. The highest BCUT2D eigenvalue weighted by molar-refractivity contribution is 6.09. The van der Waals surface area contributed by atoms with Crippen LogP contribution in [-0.2, 0) is 9.59 Å². The molecule has 0 unspecified atom stereocenters. The summed E-state index contributed by atoms with van der Waals surface area (Å²) < 4.78 is 0. The Balaban J connectivity index is 0. The summed E-state index contributed by atoms with van der Waals surface area (Å²) in [4.78, 5) is 17.6. The van der Waals surface area contributed by atoms with Crippen molar-refractivity contribution in [2.75, 3.05) is 0 Å². The highest BCUT2D eigenvalue weighted by Crippen LogP contribution is 1.76. The molecule has 0 rings (SSSR count). The predicted octanol–water partition coefficient (Wildman–Crippen LogP) is 1.19. The molecule has 0 heterocycles. The summed E-state index contributed by atoms with van der Waals surface area (Å²) in [5, 5.41) is 0. The molecule has 0 radical (unpaired) electrons. The van der Waals surface area contributed by atoms with Crippen molar-refractivity contribution >= 4 is 12.6 Å². The van der Waals surface area contributed by atoms with E-state index in [9.17, 15) is 0 Å². The number of unbranched alkanes of at least 4 members (excludes halogenated alkanes) is 1. The zero-order chi connectivity index (χ0) is 6.83. The molecule has 0 N–H and O–H groups in total. The fourth-order valence-corrected chi connectivity index (χ4v) is 0. The van der Waals surface area contributed by atoms with Crippen molar-refractivity contribution in [3.8, 4) is 0 Å². The minimum Gasteiger partial charge on any atom is -0.295 e. The molecule has 0 aromatic rings. The first-order valence-electron chi connectivity index (χ1n) is 2.72.